The van der Waals surface area contributed by atoms with E-state index < -0.39 is 7.59 Å². The molecule has 11 heavy (non-hydrogen) atoms. The summed E-state index contributed by atoms with van der Waals surface area (Å²) in [4.78, 5) is 0. The molecule has 0 aliphatic heterocycles. The number of hydrogen-bond acceptors (Lipinski definition) is 0. The fourth-order valence-corrected chi connectivity index (χ4v) is 7.76. The van der Waals surface area contributed by atoms with Gasteiger partial charge in [-0.3, -0.25) is 0 Å². The first-order valence-electron chi connectivity index (χ1n) is 5.12. The van der Waals surface area contributed by atoms with Crippen molar-refractivity contribution in [2.45, 2.75) is 51.7 Å². The van der Waals surface area contributed by atoms with E-state index in [1.165, 1.54) is 19.3 Å². The normalized spacial score (nSPS) is 13.4. The van der Waals surface area contributed by atoms with Crippen LogP contribution in [0.15, 0.2) is 0 Å². The van der Waals surface area contributed by atoms with Gasteiger partial charge in [-0.15, -0.1) is 0 Å². The van der Waals surface area contributed by atoms with Gasteiger partial charge in [-0.1, -0.05) is 51.7 Å². The molecule has 0 rings (SSSR count). The highest BCUT2D eigenvalue weighted by molar-refractivity contribution is 7.39. The Morgan fingerprint density at radius 1 is 1.18 bits per heavy atom. The van der Waals surface area contributed by atoms with Crippen LogP contribution in [0.4, 0.5) is 0 Å². The molecular weight excluding hydrogens is 180 g/mol. The number of rotatable bonds is 6. The van der Waals surface area contributed by atoms with Crippen molar-refractivity contribution in [3.05, 3.63) is 0 Å². The van der Waals surface area contributed by atoms with Crippen LogP contribution in [0.3, 0.4) is 0 Å². The van der Waals surface area contributed by atoms with Crippen LogP contribution in [-0.4, -0.2) is 25.9 Å². The van der Waals surface area contributed by atoms with Crippen LogP contribution in [0, 0.1) is 0 Å². The van der Waals surface area contributed by atoms with Gasteiger partial charge in [-0.2, -0.15) is 0 Å². The molecule has 0 aliphatic rings. The number of unbranched alkanes of at least 4 members (excludes halogenated alkanes) is 3. The summed E-state index contributed by atoms with van der Waals surface area (Å²) < 4.78 is 0. The molecule has 0 aromatic rings. The minimum Gasteiger partial charge on any atom is -0.0720 e. The van der Waals surface area contributed by atoms with Crippen molar-refractivity contribution in [1.29, 1.82) is 0 Å². The third-order valence-corrected chi connectivity index (χ3v) is 30.3. The fourth-order valence-electron chi connectivity index (χ4n) is 1.21. The first-order valence-corrected chi connectivity index (χ1v) is 16.3. The maximum atomic E-state index is 2.61. The molecule has 68 valence electrons. The summed E-state index contributed by atoms with van der Waals surface area (Å²) in [6.07, 6.45) is 5.90. The van der Waals surface area contributed by atoms with E-state index in [4.69, 9.17) is 0 Å². The highest BCUT2D eigenvalue weighted by Gasteiger charge is 2.16. The standard InChI is InChI=1S/C8H24Si3/c1-4-5-6-7-8-11(2,3)10-9/h4-8,10H2,1-3,9H3. The largest absolute Gasteiger partial charge is 0.0720 e. The zero-order valence-corrected chi connectivity index (χ0v) is 13.2. The van der Waals surface area contributed by atoms with Crippen LogP contribution in [0.25, 0.3) is 0 Å². The van der Waals surface area contributed by atoms with Gasteiger partial charge >= 0.3 is 0 Å². The third kappa shape index (κ3) is 7.03. The Hall–Kier alpha value is 0.651. The van der Waals surface area contributed by atoms with Crippen molar-refractivity contribution < 1.29 is 0 Å². The summed E-state index contributed by atoms with van der Waals surface area (Å²) in [5.74, 6) is 0. The molecule has 0 amide bonds. The summed E-state index contributed by atoms with van der Waals surface area (Å²) in [7, 11) is 1.53. The van der Waals surface area contributed by atoms with Crippen molar-refractivity contribution in [3.63, 3.8) is 0 Å². The van der Waals surface area contributed by atoms with Crippen LogP contribution in [0.5, 0.6) is 0 Å². The average Bonchev–Trinajstić information content (AvgIpc) is 1.99. The zero-order valence-electron chi connectivity index (χ0n) is 8.74. The maximum absolute atomic E-state index is 2.61. The fraction of sp³-hybridized carbons (Fsp3) is 1.00. The lowest BCUT2D eigenvalue weighted by Crippen LogP contribution is -2.34. The van der Waals surface area contributed by atoms with Crippen LogP contribution >= 0.6 is 0 Å². The summed E-state index contributed by atoms with van der Waals surface area (Å²) in [6.45, 7) is 7.51. The maximum Gasteiger partial charge on any atom is 0.0306 e. The van der Waals surface area contributed by atoms with Crippen LogP contribution < -0.4 is 0 Å². The van der Waals surface area contributed by atoms with E-state index in [1.807, 2.05) is 0 Å². The van der Waals surface area contributed by atoms with E-state index in [1.54, 1.807) is 22.2 Å². The second kappa shape index (κ2) is 6.20. The molecule has 0 radical (unpaired) electrons. The van der Waals surface area contributed by atoms with Gasteiger partial charge in [0.25, 0.3) is 0 Å². The molecule has 0 aromatic heterocycles. The predicted octanol–water partition coefficient (Wildman–Crippen LogP) is 1.22. The molecule has 0 heterocycles. The van der Waals surface area contributed by atoms with E-state index >= 15 is 0 Å². The van der Waals surface area contributed by atoms with Crippen LogP contribution in [0.1, 0.15) is 32.6 Å². The molecule has 0 saturated heterocycles. The summed E-state index contributed by atoms with van der Waals surface area (Å²) in [6, 6.07) is 1.64. The Labute approximate surface area is 78.0 Å². The molecule has 0 nitrogen and oxygen atoms in total. The zero-order chi connectivity index (χ0) is 8.74. The second-order valence-corrected chi connectivity index (χ2v) is 24.1. The molecule has 0 aromatic carbocycles. The summed E-state index contributed by atoms with van der Waals surface area (Å²) in [5.41, 5.74) is 0. The van der Waals surface area contributed by atoms with Crippen molar-refractivity contribution in [1.82, 2.24) is 0 Å². The van der Waals surface area contributed by atoms with Gasteiger partial charge in [0.15, 0.2) is 0 Å². The minimum absolute atomic E-state index is 0.485. The van der Waals surface area contributed by atoms with Gasteiger partial charge in [0.05, 0.1) is 0 Å². The van der Waals surface area contributed by atoms with E-state index in [-0.39, 0.29) is 0 Å². The third-order valence-electron chi connectivity index (χ3n) is 2.66. The Morgan fingerprint density at radius 3 is 2.27 bits per heavy atom. The molecule has 3 heteroatoms. The van der Waals surface area contributed by atoms with Crippen molar-refractivity contribution in [2.24, 2.45) is 0 Å². The lowest BCUT2D eigenvalue weighted by Gasteiger charge is -2.19. The van der Waals surface area contributed by atoms with Gasteiger partial charge in [-0.25, -0.2) is 0 Å². The van der Waals surface area contributed by atoms with E-state index in [0.29, 0.717) is 8.55 Å². The molecule has 0 unspecified atom stereocenters. The van der Waals surface area contributed by atoms with Crippen LogP contribution in [0.2, 0.25) is 19.1 Å². The quantitative estimate of drug-likeness (QED) is 0.451. The molecule has 0 N–H and O–H groups in total. The molecule has 0 fully saturated rings. The first-order chi connectivity index (χ1) is 5.12. The molecular formula is C8H24Si3. The van der Waals surface area contributed by atoms with Crippen LogP contribution in [-0.2, 0) is 0 Å². The Balaban J connectivity index is 3.23. The lowest BCUT2D eigenvalue weighted by atomic mass is 10.2. The number of hydrogen-bond donors (Lipinski definition) is 0. The summed E-state index contributed by atoms with van der Waals surface area (Å²) in [5, 5.41) is 0. The second-order valence-electron chi connectivity index (χ2n) is 4.33. The van der Waals surface area contributed by atoms with Gasteiger partial charge in [0, 0.05) is 16.1 Å². The smallest absolute Gasteiger partial charge is 0.0306 e. The highest BCUT2D eigenvalue weighted by atomic mass is 29.5. The van der Waals surface area contributed by atoms with Gasteiger partial charge in [0.1, 0.15) is 0 Å². The monoisotopic (exact) mass is 204 g/mol. The van der Waals surface area contributed by atoms with Crippen molar-refractivity contribution in [2.75, 3.05) is 0 Å². The molecule has 0 atom stereocenters. The van der Waals surface area contributed by atoms with Gasteiger partial charge < -0.3 is 0 Å². The Morgan fingerprint density at radius 2 is 1.82 bits per heavy atom. The summed E-state index contributed by atoms with van der Waals surface area (Å²) >= 11 is 0. The lowest BCUT2D eigenvalue weighted by molar-refractivity contribution is 0.698. The minimum atomic E-state index is -0.527. The molecule has 0 aliphatic carbocycles. The molecule has 0 bridgehead atoms. The first kappa shape index (κ1) is 11.7. The topological polar surface area (TPSA) is 0 Å². The van der Waals surface area contributed by atoms with E-state index in [0.717, 1.165) is 0 Å². The Kier molecular flexibility index (Phi) is 6.56. The highest BCUT2D eigenvalue weighted by Crippen LogP contribution is 2.12. The molecule has 0 saturated carbocycles. The van der Waals surface area contributed by atoms with Crippen molar-refractivity contribution in [3.8, 4) is 0 Å². The predicted molar refractivity (Wildman–Crippen MR) is 64.9 cm³/mol. The SMILES string of the molecule is CCCCCC[Si](C)(C)[SiH2][SiH3]. The Bertz CT molecular complexity index is 91.3. The van der Waals surface area contributed by atoms with Gasteiger partial charge in [0.2, 0.25) is 0 Å². The van der Waals surface area contributed by atoms with Gasteiger partial charge in [-0.05, 0) is 9.76 Å². The van der Waals surface area contributed by atoms with E-state index in [9.17, 15) is 0 Å². The van der Waals surface area contributed by atoms with Crippen molar-refractivity contribution >= 4 is 25.9 Å². The van der Waals surface area contributed by atoms with E-state index in [2.05, 4.69) is 20.0 Å². The molecule has 0 spiro atoms. The average molecular weight is 205 g/mol.